The first-order chi connectivity index (χ1) is 11.5. The molecule has 0 atom stereocenters. The van der Waals surface area contributed by atoms with Crippen LogP contribution >= 0.6 is 0 Å². The summed E-state index contributed by atoms with van der Waals surface area (Å²) in [5, 5.41) is 3.07. The number of hydrogen-bond donors (Lipinski definition) is 1. The molecule has 25 heavy (non-hydrogen) atoms. The maximum Gasteiger partial charge on any atom is 0.287 e. The number of amides is 1. The molecule has 2 heterocycles. The van der Waals surface area contributed by atoms with Crippen LogP contribution in [0, 0.1) is 11.8 Å². The molecule has 2 aromatic rings. The summed E-state index contributed by atoms with van der Waals surface area (Å²) in [5.74, 6) is 6.66. The summed E-state index contributed by atoms with van der Waals surface area (Å²) in [6, 6.07) is 13.4. The predicted molar refractivity (Wildman–Crippen MR) is 93.5 cm³/mol. The zero-order valence-electron chi connectivity index (χ0n) is 14.6. The van der Waals surface area contributed by atoms with Crippen molar-refractivity contribution in [2.45, 2.75) is 18.9 Å². The molecule has 0 bridgehead atoms. The van der Waals surface area contributed by atoms with E-state index in [4.69, 9.17) is 4.42 Å². The zero-order chi connectivity index (χ0) is 17.0. The predicted octanol–water partition coefficient (Wildman–Crippen LogP) is -0.348. The molecule has 1 fully saturated rings. The van der Waals surface area contributed by atoms with Gasteiger partial charge in [-0.05, 0) is 30.2 Å². The third-order valence-electron chi connectivity index (χ3n) is 4.43. The van der Waals surface area contributed by atoms with Gasteiger partial charge in [0.1, 0.15) is 0 Å². The van der Waals surface area contributed by atoms with Gasteiger partial charge in [-0.25, -0.2) is 0 Å². The second-order valence-electron chi connectivity index (χ2n) is 6.91. The van der Waals surface area contributed by atoms with Gasteiger partial charge in [-0.15, -0.1) is 0 Å². The van der Waals surface area contributed by atoms with E-state index in [0.29, 0.717) is 11.5 Å². The Morgan fingerprint density at radius 3 is 2.44 bits per heavy atom. The maximum atomic E-state index is 12.3. The number of halogens is 1. The summed E-state index contributed by atoms with van der Waals surface area (Å²) in [5.41, 5.74) is 0.919. The number of likely N-dealkylation sites (tertiary alicyclic amines) is 1. The molecular weight excluding hydrogens is 427 g/mol. The van der Waals surface area contributed by atoms with E-state index in [9.17, 15) is 4.79 Å². The van der Waals surface area contributed by atoms with Crippen LogP contribution in [0.15, 0.2) is 46.9 Å². The van der Waals surface area contributed by atoms with Gasteiger partial charge < -0.3 is 38.2 Å². The van der Waals surface area contributed by atoms with Crippen molar-refractivity contribution in [1.29, 1.82) is 0 Å². The molecule has 0 unspecified atom stereocenters. The van der Waals surface area contributed by atoms with Crippen LogP contribution in [0.3, 0.4) is 0 Å². The van der Waals surface area contributed by atoms with Gasteiger partial charge in [0.25, 0.3) is 5.91 Å². The largest absolute Gasteiger partial charge is 1.00 e. The summed E-state index contributed by atoms with van der Waals surface area (Å²) < 4.78 is 6.58. The Labute approximate surface area is 166 Å². The van der Waals surface area contributed by atoms with Crippen LogP contribution in [0.4, 0.5) is 0 Å². The van der Waals surface area contributed by atoms with Crippen molar-refractivity contribution in [2.24, 2.45) is 0 Å². The molecule has 5 heteroatoms. The van der Waals surface area contributed by atoms with Gasteiger partial charge in [0.2, 0.25) is 0 Å². The first-order valence-corrected chi connectivity index (χ1v) is 8.32. The number of quaternary nitrogens is 1. The van der Waals surface area contributed by atoms with Crippen LogP contribution in [0.25, 0.3) is 0 Å². The first kappa shape index (κ1) is 19.5. The molecule has 1 aliphatic rings. The summed E-state index contributed by atoms with van der Waals surface area (Å²) >= 11 is 0. The molecule has 1 aromatic heterocycles. The molecule has 0 spiro atoms. The number of rotatable bonds is 2. The van der Waals surface area contributed by atoms with E-state index in [-0.39, 0.29) is 35.9 Å². The van der Waals surface area contributed by atoms with Crippen LogP contribution in [0.5, 0.6) is 0 Å². The normalized spacial score (nSPS) is 16.2. The van der Waals surface area contributed by atoms with Crippen LogP contribution in [-0.2, 0) is 0 Å². The van der Waals surface area contributed by atoms with Gasteiger partial charge in [-0.3, -0.25) is 4.79 Å². The molecule has 1 aliphatic heterocycles. The minimum Gasteiger partial charge on any atom is -1.00 e. The van der Waals surface area contributed by atoms with Crippen molar-refractivity contribution in [3.05, 3.63) is 59.5 Å². The van der Waals surface area contributed by atoms with Crippen molar-refractivity contribution in [3.63, 3.8) is 0 Å². The van der Waals surface area contributed by atoms with E-state index >= 15 is 0 Å². The van der Waals surface area contributed by atoms with Crippen molar-refractivity contribution < 1.29 is 37.7 Å². The molecular formula is C20H23IN2O2. The number of carbonyl (C=O) groups is 1. The van der Waals surface area contributed by atoms with Crippen molar-refractivity contribution in [2.75, 3.05) is 27.2 Å². The van der Waals surface area contributed by atoms with E-state index < -0.39 is 0 Å². The molecule has 1 N–H and O–H groups in total. The van der Waals surface area contributed by atoms with Crippen LogP contribution in [0.1, 0.15) is 34.7 Å². The first-order valence-electron chi connectivity index (χ1n) is 8.32. The number of nitrogens with one attached hydrogen (secondary N) is 1. The Morgan fingerprint density at radius 2 is 1.76 bits per heavy atom. The second kappa shape index (κ2) is 8.54. The highest BCUT2D eigenvalue weighted by atomic mass is 127. The third kappa shape index (κ3) is 5.62. The van der Waals surface area contributed by atoms with Crippen LogP contribution in [0.2, 0.25) is 0 Å². The van der Waals surface area contributed by atoms with E-state index in [1.807, 2.05) is 30.3 Å². The van der Waals surface area contributed by atoms with Crippen molar-refractivity contribution >= 4 is 5.91 Å². The molecule has 132 valence electrons. The standard InChI is InChI=1S/C20H22N2O2.HI/c1-22(2)14-12-17(13-15-22)21-20(23)19-11-10-18(24-19)9-8-16-6-4-3-5-7-16;/h3-7,10-11,17H,12-15H2,1-2H3;1H. The number of piperidine rings is 1. The monoisotopic (exact) mass is 450 g/mol. The van der Waals surface area contributed by atoms with E-state index in [0.717, 1.165) is 36.0 Å². The van der Waals surface area contributed by atoms with Gasteiger partial charge >= 0.3 is 0 Å². The van der Waals surface area contributed by atoms with Crippen molar-refractivity contribution in [3.8, 4) is 11.8 Å². The smallest absolute Gasteiger partial charge is 0.287 e. The lowest BCUT2D eigenvalue weighted by Gasteiger charge is -2.37. The summed E-state index contributed by atoms with van der Waals surface area (Å²) in [6.07, 6.45) is 2.00. The third-order valence-corrected chi connectivity index (χ3v) is 4.43. The van der Waals surface area contributed by atoms with E-state index in [1.54, 1.807) is 12.1 Å². The summed E-state index contributed by atoms with van der Waals surface area (Å²) in [6.45, 7) is 2.16. The van der Waals surface area contributed by atoms with Crippen molar-refractivity contribution in [1.82, 2.24) is 5.32 Å². The Balaban J connectivity index is 0.00000225. The lowest BCUT2D eigenvalue weighted by atomic mass is 10.0. The number of hydrogen-bond acceptors (Lipinski definition) is 2. The SMILES string of the molecule is C[N+]1(C)CCC(NC(=O)c2ccc(C#Cc3ccccc3)o2)CC1.[I-]. The molecule has 3 rings (SSSR count). The lowest BCUT2D eigenvalue weighted by molar-refractivity contribution is -0.895. The van der Waals surface area contributed by atoms with Gasteiger partial charge in [0.15, 0.2) is 11.5 Å². The highest BCUT2D eigenvalue weighted by Crippen LogP contribution is 2.15. The van der Waals surface area contributed by atoms with E-state index in [1.165, 1.54) is 0 Å². The minimum atomic E-state index is -0.153. The Kier molecular flexibility index (Phi) is 6.68. The number of carbonyl (C=O) groups excluding carboxylic acids is 1. The quantitative estimate of drug-likeness (QED) is 0.387. The maximum absolute atomic E-state index is 12.3. The minimum absolute atomic E-state index is 0. The number of furan rings is 1. The average molecular weight is 450 g/mol. The number of benzene rings is 1. The van der Waals surface area contributed by atoms with Gasteiger partial charge in [-0.1, -0.05) is 24.1 Å². The summed E-state index contributed by atoms with van der Waals surface area (Å²) in [7, 11) is 4.45. The van der Waals surface area contributed by atoms with Crippen LogP contribution < -0.4 is 29.3 Å². The fraction of sp³-hybridized carbons (Fsp3) is 0.350. The zero-order valence-corrected chi connectivity index (χ0v) is 16.7. The Bertz CT molecular complexity index is 762. The highest BCUT2D eigenvalue weighted by Gasteiger charge is 2.27. The average Bonchev–Trinajstić information content (AvgIpc) is 3.05. The lowest BCUT2D eigenvalue weighted by Crippen LogP contribution is -3.00. The fourth-order valence-electron chi connectivity index (χ4n) is 2.85. The molecule has 1 aromatic carbocycles. The topological polar surface area (TPSA) is 42.2 Å². The van der Waals surface area contributed by atoms with Gasteiger partial charge in [0, 0.05) is 24.4 Å². The highest BCUT2D eigenvalue weighted by molar-refractivity contribution is 5.91. The number of nitrogens with zero attached hydrogens (tertiary/aromatic N) is 1. The van der Waals surface area contributed by atoms with Crippen LogP contribution in [-0.4, -0.2) is 43.6 Å². The molecule has 0 saturated carbocycles. The molecule has 0 aliphatic carbocycles. The Hall–Kier alpha value is -1.78. The molecule has 1 saturated heterocycles. The molecule has 0 radical (unpaired) electrons. The fourth-order valence-corrected chi connectivity index (χ4v) is 2.85. The second-order valence-corrected chi connectivity index (χ2v) is 6.91. The van der Waals surface area contributed by atoms with E-state index in [2.05, 4.69) is 31.3 Å². The molecule has 1 amide bonds. The molecule has 4 nitrogen and oxygen atoms in total. The van der Waals surface area contributed by atoms with Gasteiger partial charge in [0.05, 0.1) is 27.2 Å². The summed E-state index contributed by atoms with van der Waals surface area (Å²) in [4.78, 5) is 12.3. The van der Waals surface area contributed by atoms with Gasteiger partial charge in [-0.2, -0.15) is 0 Å². The Morgan fingerprint density at radius 1 is 1.08 bits per heavy atom.